The van der Waals surface area contributed by atoms with Crippen LogP contribution in [-0.4, -0.2) is 19.1 Å². The summed E-state index contributed by atoms with van der Waals surface area (Å²) in [6.07, 6.45) is 1.02. The second-order valence-corrected chi connectivity index (χ2v) is 6.67. The number of rotatable bonds is 5. The highest BCUT2D eigenvalue weighted by Gasteiger charge is 2.18. The Morgan fingerprint density at radius 3 is 2.56 bits per heavy atom. The lowest BCUT2D eigenvalue weighted by atomic mass is 10.0. The van der Waals surface area contributed by atoms with Crippen LogP contribution in [0.3, 0.4) is 0 Å². The second kappa shape index (κ2) is 7.98. The topological polar surface area (TPSA) is 47.6 Å². The first kappa shape index (κ1) is 17.9. The molecule has 4 nitrogen and oxygen atoms in total. The van der Waals surface area contributed by atoms with Crippen LogP contribution in [0.2, 0.25) is 10.0 Å². The van der Waals surface area contributed by atoms with Crippen LogP contribution in [0, 0.1) is 0 Å². The Labute approximate surface area is 157 Å². The van der Waals surface area contributed by atoms with Gasteiger partial charge in [0.2, 0.25) is 5.91 Å². The molecule has 2 aromatic rings. The summed E-state index contributed by atoms with van der Waals surface area (Å²) < 4.78 is 11.2. The first-order chi connectivity index (χ1) is 12.1. The maximum absolute atomic E-state index is 12.4. The van der Waals surface area contributed by atoms with Crippen LogP contribution in [0.1, 0.15) is 30.5 Å². The van der Waals surface area contributed by atoms with Gasteiger partial charge in [0.15, 0.2) is 11.5 Å². The number of hydrogen-bond donors (Lipinski definition) is 1. The van der Waals surface area contributed by atoms with Crippen LogP contribution in [-0.2, 0) is 11.2 Å². The molecular weight excluding hydrogens is 361 g/mol. The van der Waals surface area contributed by atoms with Gasteiger partial charge in [0.25, 0.3) is 0 Å². The van der Waals surface area contributed by atoms with E-state index in [0.29, 0.717) is 23.3 Å². The Kier molecular flexibility index (Phi) is 5.71. The number of fused-ring (bicyclic) bond motifs is 1. The molecule has 0 aliphatic carbocycles. The lowest BCUT2D eigenvalue weighted by molar-refractivity contribution is -0.121. The summed E-state index contributed by atoms with van der Waals surface area (Å²) in [6.45, 7) is 3.13. The normalized spacial score (nSPS) is 14.0. The van der Waals surface area contributed by atoms with Crippen LogP contribution >= 0.6 is 23.2 Å². The molecule has 1 aliphatic heterocycles. The molecule has 6 heteroatoms. The molecule has 1 N–H and O–H groups in total. The summed E-state index contributed by atoms with van der Waals surface area (Å²) in [6, 6.07) is 10.9. The van der Waals surface area contributed by atoms with E-state index >= 15 is 0 Å². The summed E-state index contributed by atoms with van der Waals surface area (Å²) in [5.41, 5.74) is 1.82. The number of carbonyl (C=O) groups is 1. The Bertz CT molecular complexity index is 779. The largest absolute Gasteiger partial charge is 0.486 e. The summed E-state index contributed by atoms with van der Waals surface area (Å²) in [5.74, 6) is 1.40. The Morgan fingerprint density at radius 2 is 1.84 bits per heavy atom. The van der Waals surface area contributed by atoms with E-state index in [-0.39, 0.29) is 18.4 Å². The van der Waals surface area contributed by atoms with Gasteiger partial charge in [-0.05, 0) is 41.8 Å². The lowest BCUT2D eigenvalue weighted by Gasteiger charge is -2.22. The fourth-order valence-corrected chi connectivity index (χ4v) is 3.10. The summed E-state index contributed by atoms with van der Waals surface area (Å²) in [7, 11) is 0. The van der Waals surface area contributed by atoms with Gasteiger partial charge in [-0.25, -0.2) is 0 Å². The molecule has 1 unspecified atom stereocenters. The van der Waals surface area contributed by atoms with Crippen LogP contribution in [0.5, 0.6) is 11.5 Å². The molecule has 0 fully saturated rings. The van der Waals surface area contributed by atoms with E-state index < -0.39 is 0 Å². The Balaban J connectivity index is 1.69. The molecule has 0 saturated heterocycles. The fraction of sp³-hybridized carbons (Fsp3) is 0.316. The molecule has 1 amide bonds. The minimum Gasteiger partial charge on any atom is -0.486 e. The maximum atomic E-state index is 12.4. The standard InChI is InChI=1S/C19H19Cl2NO3/c1-2-16(13-4-6-17-18(11-13)25-8-7-24-17)22-19(23)10-12-3-5-14(20)15(21)9-12/h3-6,9,11,16H,2,7-8,10H2,1H3,(H,22,23). The molecule has 0 saturated carbocycles. The van der Waals surface area contributed by atoms with E-state index in [1.165, 1.54) is 0 Å². The van der Waals surface area contributed by atoms with Gasteiger partial charge in [-0.2, -0.15) is 0 Å². The quantitative estimate of drug-likeness (QED) is 0.827. The number of halogens is 2. The molecule has 1 heterocycles. The Hall–Kier alpha value is -1.91. The van der Waals surface area contributed by atoms with E-state index in [9.17, 15) is 4.79 Å². The van der Waals surface area contributed by atoms with Crippen molar-refractivity contribution in [2.45, 2.75) is 25.8 Å². The van der Waals surface area contributed by atoms with Crippen molar-refractivity contribution >= 4 is 29.1 Å². The maximum Gasteiger partial charge on any atom is 0.224 e. The summed E-state index contributed by atoms with van der Waals surface area (Å²) >= 11 is 11.9. The second-order valence-electron chi connectivity index (χ2n) is 5.86. The molecule has 0 bridgehead atoms. The molecule has 25 heavy (non-hydrogen) atoms. The Morgan fingerprint density at radius 1 is 1.08 bits per heavy atom. The third kappa shape index (κ3) is 4.39. The molecule has 3 rings (SSSR count). The van der Waals surface area contributed by atoms with Crippen molar-refractivity contribution in [2.24, 2.45) is 0 Å². The lowest BCUT2D eigenvalue weighted by Crippen LogP contribution is -2.29. The highest BCUT2D eigenvalue weighted by atomic mass is 35.5. The van der Waals surface area contributed by atoms with Crippen LogP contribution in [0.4, 0.5) is 0 Å². The van der Waals surface area contributed by atoms with Crippen molar-refractivity contribution in [3.8, 4) is 11.5 Å². The van der Waals surface area contributed by atoms with E-state index in [4.69, 9.17) is 32.7 Å². The fourth-order valence-electron chi connectivity index (χ4n) is 2.78. The number of amides is 1. The van der Waals surface area contributed by atoms with Crippen LogP contribution in [0.15, 0.2) is 36.4 Å². The average molecular weight is 380 g/mol. The molecule has 2 aromatic carbocycles. The van der Waals surface area contributed by atoms with Crippen molar-refractivity contribution < 1.29 is 14.3 Å². The van der Waals surface area contributed by atoms with Crippen molar-refractivity contribution in [1.82, 2.24) is 5.32 Å². The monoisotopic (exact) mass is 379 g/mol. The van der Waals surface area contributed by atoms with E-state index in [0.717, 1.165) is 29.0 Å². The average Bonchev–Trinajstić information content (AvgIpc) is 2.62. The number of benzene rings is 2. The molecule has 0 aromatic heterocycles. The molecule has 1 aliphatic rings. The number of hydrogen-bond acceptors (Lipinski definition) is 3. The first-order valence-corrected chi connectivity index (χ1v) is 8.95. The highest BCUT2D eigenvalue weighted by molar-refractivity contribution is 6.42. The molecule has 0 spiro atoms. The van der Waals surface area contributed by atoms with E-state index in [1.807, 2.05) is 25.1 Å². The first-order valence-electron chi connectivity index (χ1n) is 8.19. The summed E-state index contributed by atoms with van der Waals surface area (Å²) in [4.78, 5) is 12.4. The van der Waals surface area contributed by atoms with Crippen molar-refractivity contribution in [3.63, 3.8) is 0 Å². The van der Waals surface area contributed by atoms with Gasteiger partial charge in [0.05, 0.1) is 22.5 Å². The zero-order valence-corrected chi connectivity index (χ0v) is 15.4. The zero-order valence-electron chi connectivity index (χ0n) is 13.9. The van der Waals surface area contributed by atoms with E-state index in [2.05, 4.69) is 5.32 Å². The molecule has 1 atom stereocenters. The van der Waals surface area contributed by atoms with Gasteiger partial charge < -0.3 is 14.8 Å². The van der Waals surface area contributed by atoms with Gasteiger partial charge in [-0.1, -0.05) is 42.3 Å². The van der Waals surface area contributed by atoms with Gasteiger partial charge in [0.1, 0.15) is 13.2 Å². The zero-order chi connectivity index (χ0) is 17.8. The van der Waals surface area contributed by atoms with Crippen LogP contribution < -0.4 is 14.8 Å². The van der Waals surface area contributed by atoms with Gasteiger partial charge in [-0.15, -0.1) is 0 Å². The number of ether oxygens (including phenoxy) is 2. The SMILES string of the molecule is CCC(NC(=O)Cc1ccc(Cl)c(Cl)c1)c1ccc2c(c1)OCCO2. The van der Waals surface area contributed by atoms with Gasteiger partial charge in [0, 0.05) is 0 Å². The highest BCUT2D eigenvalue weighted by Crippen LogP contribution is 2.33. The van der Waals surface area contributed by atoms with E-state index in [1.54, 1.807) is 18.2 Å². The number of nitrogens with one attached hydrogen (secondary N) is 1. The van der Waals surface area contributed by atoms with Gasteiger partial charge >= 0.3 is 0 Å². The van der Waals surface area contributed by atoms with Crippen molar-refractivity contribution in [2.75, 3.05) is 13.2 Å². The molecule has 0 radical (unpaired) electrons. The summed E-state index contributed by atoms with van der Waals surface area (Å²) in [5, 5.41) is 3.99. The minimum atomic E-state index is -0.0916. The smallest absolute Gasteiger partial charge is 0.224 e. The molecular formula is C19H19Cl2NO3. The number of carbonyl (C=O) groups excluding carboxylic acids is 1. The third-order valence-corrected chi connectivity index (χ3v) is 4.80. The molecule has 132 valence electrons. The van der Waals surface area contributed by atoms with Gasteiger partial charge in [-0.3, -0.25) is 4.79 Å². The minimum absolute atomic E-state index is 0.0693. The third-order valence-electron chi connectivity index (χ3n) is 4.06. The van der Waals surface area contributed by atoms with Crippen molar-refractivity contribution in [3.05, 3.63) is 57.6 Å². The predicted molar refractivity (Wildman–Crippen MR) is 98.8 cm³/mol. The predicted octanol–water partition coefficient (Wildman–Crippen LogP) is 4.57. The van der Waals surface area contributed by atoms with Crippen LogP contribution in [0.25, 0.3) is 0 Å². The van der Waals surface area contributed by atoms with Crippen molar-refractivity contribution in [1.29, 1.82) is 0 Å².